The minimum atomic E-state index is -5.06. The Kier molecular flexibility index (Phi) is 9.65. The zero-order valence-corrected chi connectivity index (χ0v) is 22.0. The zero-order valence-electron chi connectivity index (χ0n) is 21.1. The summed E-state index contributed by atoms with van der Waals surface area (Å²) in [4.78, 5) is 30.0. The smallest absolute Gasteiger partial charge is 0.332 e. The molecule has 0 fully saturated rings. The Labute approximate surface area is 226 Å². The van der Waals surface area contributed by atoms with Crippen LogP contribution in [0.2, 0.25) is 0 Å². The highest BCUT2D eigenvalue weighted by Gasteiger charge is 2.37. The van der Waals surface area contributed by atoms with Crippen LogP contribution in [0.4, 0.5) is 36.8 Å². The van der Waals surface area contributed by atoms with Crippen LogP contribution in [0.3, 0.4) is 0 Å². The number of nitrogens with zero attached hydrogens (tertiary/aromatic N) is 2. The molecule has 3 aromatic rings. The van der Waals surface area contributed by atoms with Crippen molar-refractivity contribution in [2.75, 3.05) is 18.4 Å². The Morgan fingerprint density at radius 1 is 0.846 bits per heavy atom. The van der Waals surface area contributed by atoms with Crippen molar-refractivity contribution < 1.29 is 35.9 Å². The number of rotatable bonds is 9. The van der Waals surface area contributed by atoms with Crippen molar-refractivity contribution in [1.29, 1.82) is 0 Å². The normalized spacial score (nSPS) is 11.9. The molecule has 1 heterocycles. The number of benzene rings is 2. The zero-order chi connectivity index (χ0) is 28.8. The predicted octanol–water partition coefficient (Wildman–Crippen LogP) is 7.50. The predicted molar refractivity (Wildman–Crippen MR) is 137 cm³/mol. The number of carbonyl (C=O) groups is 2. The lowest BCUT2D eigenvalue weighted by Crippen LogP contribution is -2.45. The molecule has 0 bridgehead atoms. The van der Waals surface area contributed by atoms with Gasteiger partial charge in [0.15, 0.2) is 0 Å². The molecule has 0 aliphatic rings. The molecule has 0 spiro atoms. The fourth-order valence-electron chi connectivity index (χ4n) is 3.78. The van der Waals surface area contributed by atoms with Crippen molar-refractivity contribution in [2.24, 2.45) is 5.92 Å². The Morgan fingerprint density at radius 2 is 1.46 bits per heavy atom. The molecular weight excluding hydrogens is 544 g/mol. The van der Waals surface area contributed by atoms with Gasteiger partial charge in [0, 0.05) is 23.7 Å². The Bertz CT molecular complexity index is 1210. The van der Waals surface area contributed by atoms with Crippen LogP contribution in [0.5, 0.6) is 0 Å². The van der Waals surface area contributed by atoms with Gasteiger partial charge in [0.1, 0.15) is 6.54 Å². The maximum atomic E-state index is 13.4. The quantitative estimate of drug-likeness (QED) is 0.271. The number of amides is 3. The van der Waals surface area contributed by atoms with Gasteiger partial charge in [-0.1, -0.05) is 50.2 Å². The molecule has 0 unspecified atom stereocenters. The summed E-state index contributed by atoms with van der Waals surface area (Å²) in [5.74, 6) is -0.571. The molecule has 1 N–H and O–H groups in total. The Balaban J connectivity index is 1.85. The topological polar surface area (TPSA) is 52.7 Å². The lowest BCUT2D eigenvalue weighted by Gasteiger charge is -2.29. The van der Waals surface area contributed by atoms with Gasteiger partial charge in [-0.25, -0.2) is 4.79 Å². The van der Waals surface area contributed by atoms with Crippen LogP contribution < -0.4 is 5.32 Å². The van der Waals surface area contributed by atoms with Crippen molar-refractivity contribution in [3.63, 3.8) is 0 Å². The minimum Gasteiger partial charge on any atom is -0.332 e. The van der Waals surface area contributed by atoms with Crippen LogP contribution in [0.25, 0.3) is 0 Å². The Morgan fingerprint density at radius 3 is 1.97 bits per heavy atom. The van der Waals surface area contributed by atoms with E-state index < -0.39 is 47.6 Å². The van der Waals surface area contributed by atoms with Crippen LogP contribution in [0.1, 0.15) is 35.4 Å². The summed E-state index contributed by atoms with van der Waals surface area (Å²) >= 11 is 1.45. The van der Waals surface area contributed by atoms with Crippen molar-refractivity contribution >= 4 is 29.0 Å². The van der Waals surface area contributed by atoms with Crippen LogP contribution >= 0.6 is 11.3 Å². The number of thiophene rings is 1. The molecule has 0 saturated carbocycles. The number of hydrogen-bond acceptors (Lipinski definition) is 3. The Hall–Kier alpha value is -3.54. The summed E-state index contributed by atoms with van der Waals surface area (Å²) in [6.07, 6.45) is -10.1. The lowest BCUT2D eigenvalue weighted by atomic mass is 10.1. The monoisotopic (exact) mass is 571 g/mol. The van der Waals surface area contributed by atoms with Gasteiger partial charge in [0.05, 0.1) is 17.7 Å². The van der Waals surface area contributed by atoms with E-state index >= 15 is 0 Å². The molecular formula is C27H27F6N3O2S. The van der Waals surface area contributed by atoms with Gasteiger partial charge in [-0.3, -0.25) is 4.79 Å². The number of alkyl halides is 6. The van der Waals surface area contributed by atoms with Gasteiger partial charge in [-0.15, -0.1) is 11.3 Å². The van der Waals surface area contributed by atoms with Crippen molar-refractivity contribution in [3.05, 3.63) is 87.6 Å². The average Bonchev–Trinajstić information content (AvgIpc) is 3.35. The standard InChI is InChI=1S/C27H27F6N3O2S/c1-18(2)14-36(25(38)34-22-12-20(26(28,29)30)11-21(13-22)27(31,32)33)17-24(37)35(16-23-9-6-10-39-23)15-19-7-4-3-5-8-19/h3-13,18H,14-17H2,1-2H3,(H,34,38). The second-order valence-electron chi connectivity index (χ2n) is 9.31. The molecule has 39 heavy (non-hydrogen) atoms. The van der Waals surface area contributed by atoms with E-state index in [9.17, 15) is 35.9 Å². The number of anilines is 1. The molecule has 0 aliphatic heterocycles. The summed E-state index contributed by atoms with van der Waals surface area (Å²) in [6.45, 7) is 3.67. The summed E-state index contributed by atoms with van der Waals surface area (Å²) in [5, 5.41) is 3.99. The number of carbonyl (C=O) groups excluding carboxylic acids is 2. The number of halogens is 6. The molecule has 0 saturated heterocycles. The minimum absolute atomic E-state index is 0.0168. The van der Waals surface area contributed by atoms with E-state index in [2.05, 4.69) is 5.32 Å². The van der Waals surface area contributed by atoms with Crippen LogP contribution in [0.15, 0.2) is 66.0 Å². The fraction of sp³-hybridized carbons (Fsp3) is 0.333. The van der Waals surface area contributed by atoms with Crippen molar-refractivity contribution in [3.8, 4) is 0 Å². The highest BCUT2D eigenvalue weighted by atomic mass is 32.1. The number of hydrogen-bond donors (Lipinski definition) is 1. The first kappa shape index (κ1) is 30.0. The van der Waals surface area contributed by atoms with Crippen LogP contribution in [0, 0.1) is 5.92 Å². The van der Waals surface area contributed by atoms with E-state index in [-0.39, 0.29) is 31.6 Å². The second kappa shape index (κ2) is 12.5. The first-order valence-corrected chi connectivity index (χ1v) is 12.8. The van der Waals surface area contributed by atoms with E-state index in [4.69, 9.17) is 0 Å². The van der Waals surface area contributed by atoms with Crippen LogP contribution in [-0.2, 0) is 30.2 Å². The maximum Gasteiger partial charge on any atom is 0.416 e. The highest BCUT2D eigenvalue weighted by Crippen LogP contribution is 2.37. The van der Waals surface area contributed by atoms with Gasteiger partial charge in [-0.05, 0) is 41.1 Å². The first-order chi connectivity index (χ1) is 18.2. The molecule has 2 aromatic carbocycles. The molecule has 210 valence electrons. The van der Waals surface area contributed by atoms with Gasteiger partial charge < -0.3 is 15.1 Å². The van der Waals surface area contributed by atoms with E-state index in [0.717, 1.165) is 15.3 Å². The lowest BCUT2D eigenvalue weighted by molar-refractivity contribution is -0.143. The molecule has 0 radical (unpaired) electrons. The van der Waals surface area contributed by atoms with Gasteiger partial charge in [0.2, 0.25) is 5.91 Å². The molecule has 0 aliphatic carbocycles. The number of urea groups is 1. The third-order valence-corrected chi connectivity index (χ3v) is 6.39. The summed E-state index contributed by atoms with van der Waals surface area (Å²) < 4.78 is 79.6. The van der Waals surface area contributed by atoms with Gasteiger partial charge in [-0.2, -0.15) is 26.3 Å². The summed E-state index contributed by atoms with van der Waals surface area (Å²) in [5.41, 5.74) is -2.93. The summed E-state index contributed by atoms with van der Waals surface area (Å²) in [6, 6.07) is 12.7. The summed E-state index contributed by atoms with van der Waals surface area (Å²) in [7, 11) is 0. The van der Waals surface area contributed by atoms with Gasteiger partial charge >= 0.3 is 18.4 Å². The largest absolute Gasteiger partial charge is 0.416 e. The highest BCUT2D eigenvalue weighted by molar-refractivity contribution is 7.09. The average molecular weight is 572 g/mol. The molecule has 0 atom stereocenters. The van der Waals surface area contributed by atoms with E-state index in [1.54, 1.807) is 18.7 Å². The SMILES string of the molecule is CC(C)CN(CC(=O)N(Cc1ccccc1)Cc1cccs1)C(=O)Nc1cc(C(F)(F)F)cc(C(F)(F)F)c1. The van der Waals surface area contributed by atoms with Gasteiger partial charge in [0.25, 0.3) is 0 Å². The van der Waals surface area contributed by atoms with E-state index in [0.29, 0.717) is 12.1 Å². The van der Waals surface area contributed by atoms with E-state index in [1.165, 1.54) is 11.3 Å². The molecule has 5 nitrogen and oxygen atoms in total. The fourth-order valence-corrected chi connectivity index (χ4v) is 4.50. The second-order valence-corrected chi connectivity index (χ2v) is 10.3. The maximum absolute atomic E-state index is 13.4. The van der Waals surface area contributed by atoms with E-state index in [1.807, 2.05) is 47.8 Å². The molecule has 12 heteroatoms. The number of nitrogens with one attached hydrogen (secondary N) is 1. The van der Waals surface area contributed by atoms with Crippen molar-refractivity contribution in [2.45, 2.75) is 39.3 Å². The van der Waals surface area contributed by atoms with Crippen molar-refractivity contribution in [1.82, 2.24) is 9.80 Å². The third-order valence-electron chi connectivity index (χ3n) is 5.53. The first-order valence-electron chi connectivity index (χ1n) is 11.9. The molecule has 1 aromatic heterocycles. The van der Waals surface area contributed by atoms with Crippen LogP contribution in [-0.4, -0.2) is 34.8 Å². The third kappa shape index (κ3) is 9.02. The molecule has 3 rings (SSSR count). The molecule has 3 amide bonds.